The summed E-state index contributed by atoms with van der Waals surface area (Å²) in [5.74, 6) is 2.23. The van der Waals surface area contributed by atoms with Crippen LogP contribution < -0.4 is 5.32 Å². The SMILES string of the molecule is CNc1cc(-n2cc(Cl)c(C)n2)nc(C(C)(C)C)n1. The van der Waals surface area contributed by atoms with Crippen LogP contribution >= 0.6 is 11.6 Å². The number of nitrogens with zero attached hydrogens (tertiary/aromatic N) is 4. The van der Waals surface area contributed by atoms with E-state index in [2.05, 4.69) is 41.2 Å². The second kappa shape index (κ2) is 4.81. The van der Waals surface area contributed by atoms with Crippen LogP contribution in [-0.2, 0) is 5.41 Å². The van der Waals surface area contributed by atoms with Gasteiger partial charge in [0.1, 0.15) is 11.6 Å². The number of hydrogen-bond acceptors (Lipinski definition) is 4. The lowest BCUT2D eigenvalue weighted by atomic mass is 9.96. The monoisotopic (exact) mass is 279 g/mol. The van der Waals surface area contributed by atoms with Gasteiger partial charge in [0, 0.05) is 18.5 Å². The first-order chi connectivity index (χ1) is 8.81. The lowest BCUT2D eigenvalue weighted by Gasteiger charge is -2.18. The highest BCUT2D eigenvalue weighted by molar-refractivity contribution is 6.31. The number of hydrogen-bond donors (Lipinski definition) is 1. The van der Waals surface area contributed by atoms with Crippen LogP contribution in [-0.4, -0.2) is 26.8 Å². The maximum absolute atomic E-state index is 6.04. The smallest absolute Gasteiger partial charge is 0.159 e. The fourth-order valence-corrected chi connectivity index (χ4v) is 1.70. The van der Waals surface area contributed by atoms with E-state index in [0.717, 1.165) is 17.3 Å². The van der Waals surface area contributed by atoms with E-state index in [0.29, 0.717) is 10.8 Å². The maximum atomic E-state index is 6.04. The fourth-order valence-electron chi connectivity index (χ4n) is 1.57. The molecule has 0 saturated heterocycles. The molecule has 2 aromatic heterocycles. The molecule has 5 nitrogen and oxygen atoms in total. The van der Waals surface area contributed by atoms with E-state index in [4.69, 9.17) is 11.6 Å². The van der Waals surface area contributed by atoms with E-state index in [1.807, 2.05) is 20.0 Å². The Hall–Kier alpha value is -1.62. The predicted molar refractivity (Wildman–Crippen MR) is 77.1 cm³/mol. The third kappa shape index (κ3) is 2.87. The first-order valence-electron chi connectivity index (χ1n) is 6.10. The molecular formula is C13H18ClN5. The summed E-state index contributed by atoms with van der Waals surface area (Å²) in [6, 6.07) is 1.85. The predicted octanol–water partition coefficient (Wildman–Crippen LogP) is 2.96. The molecule has 0 spiro atoms. The van der Waals surface area contributed by atoms with Crippen molar-refractivity contribution in [1.82, 2.24) is 19.7 Å². The van der Waals surface area contributed by atoms with Crippen molar-refractivity contribution in [2.45, 2.75) is 33.1 Å². The van der Waals surface area contributed by atoms with E-state index in [1.165, 1.54) is 0 Å². The van der Waals surface area contributed by atoms with Crippen molar-refractivity contribution in [2.75, 3.05) is 12.4 Å². The molecule has 2 aromatic rings. The van der Waals surface area contributed by atoms with E-state index >= 15 is 0 Å². The molecule has 0 aromatic carbocycles. The van der Waals surface area contributed by atoms with Gasteiger partial charge in [0.25, 0.3) is 0 Å². The zero-order valence-electron chi connectivity index (χ0n) is 11.8. The van der Waals surface area contributed by atoms with Crippen molar-refractivity contribution >= 4 is 17.4 Å². The molecular weight excluding hydrogens is 262 g/mol. The van der Waals surface area contributed by atoms with Crippen molar-refractivity contribution < 1.29 is 0 Å². The Labute approximate surface area is 118 Å². The molecule has 0 fully saturated rings. The van der Waals surface area contributed by atoms with Gasteiger partial charge in [-0.3, -0.25) is 0 Å². The molecule has 0 radical (unpaired) electrons. The molecule has 0 amide bonds. The maximum Gasteiger partial charge on any atom is 0.159 e. The summed E-state index contributed by atoms with van der Waals surface area (Å²) < 4.78 is 1.68. The topological polar surface area (TPSA) is 55.6 Å². The van der Waals surface area contributed by atoms with Crippen molar-refractivity contribution in [3.05, 3.63) is 28.8 Å². The highest BCUT2D eigenvalue weighted by atomic mass is 35.5. The van der Waals surface area contributed by atoms with Crippen molar-refractivity contribution in [1.29, 1.82) is 0 Å². The van der Waals surface area contributed by atoms with E-state index in [-0.39, 0.29) is 5.41 Å². The zero-order chi connectivity index (χ0) is 14.2. The Balaban J connectivity index is 2.57. The molecule has 0 bridgehead atoms. The summed E-state index contributed by atoms with van der Waals surface area (Å²) in [6.45, 7) is 8.09. The Bertz CT molecular complexity index is 578. The van der Waals surface area contributed by atoms with Gasteiger partial charge in [-0.15, -0.1) is 0 Å². The van der Waals surface area contributed by atoms with Gasteiger partial charge in [-0.1, -0.05) is 32.4 Å². The number of anilines is 1. The highest BCUT2D eigenvalue weighted by Gasteiger charge is 2.19. The fraction of sp³-hybridized carbons (Fsp3) is 0.462. The average Bonchev–Trinajstić information content (AvgIpc) is 2.68. The molecule has 0 aliphatic carbocycles. The zero-order valence-corrected chi connectivity index (χ0v) is 12.6. The van der Waals surface area contributed by atoms with Crippen LogP contribution in [0.5, 0.6) is 0 Å². The first-order valence-corrected chi connectivity index (χ1v) is 6.48. The highest BCUT2D eigenvalue weighted by Crippen LogP contribution is 2.22. The van der Waals surface area contributed by atoms with E-state index in [1.54, 1.807) is 10.9 Å². The Morgan fingerprint density at radius 1 is 1.26 bits per heavy atom. The number of rotatable bonds is 2. The summed E-state index contributed by atoms with van der Waals surface area (Å²) >= 11 is 6.04. The second-order valence-corrected chi connectivity index (χ2v) is 5.85. The van der Waals surface area contributed by atoms with Gasteiger partial charge >= 0.3 is 0 Å². The molecule has 0 aliphatic heterocycles. The van der Waals surface area contributed by atoms with Crippen LogP contribution in [0.2, 0.25) is 5.02 Å². The van der Waals surface area contributed by atoms with Gasteiger partial charge in [0.15, 0.2) is 5.82 Å². The van der Waals surface area contributed by atoms with Crippen LogP contribution in [0.4, 0.5) is 5.82 Å². The third-order valence-corrected chi connectivity index (χ3v) is 3.08. The molecule has 19 heavy (non-hydrogen) atoms. The molecule has 0 atom stereocenters. The number of halogens is 1. The lowest BCUT2D eigenvalue weighted by Crippen LogP contribution is -2.18. The summed E-state index contributed by atoms with van der Waals surface area (Å²) in [7, 11) is 1.83. The second-order valence-electron chi connectivity index (χ2n) is 5.44. The van der Waals surface area contributed by atoms with Crippen molar-refractivity contribution in [2.24, 2.45) is 0 Å². The Morgan fingerprint density at radius 3 is 2.42 bits per heavy atom. The largest absolute Gasteiger partial charge is 0.373 e. The van der Waals surface area contributed by atoms with Gasteiger partial charge < -0.3 is 5.32 Å². The van der Waals surface area contributed by atoms with Crippen LogP contribution in [0.3, 0.4) is 0 Å². The molecule has 0 unspecified atom stereocenters. The third-order valence-electron chi connectivity index (χ3n) is 2.71. The van der Waals surface area contributed by atoms with Crippen molar-refractivity contribution in [3.63, 3.8) is 0 Å². The molecule has 0 aliphatic rings. The average molecular weight is 280 g/mol. The van der Waals surface area contributed by atoms with E-state index in [9.17, 15) is 0 Å². The van der Waals surface area contributed by atoms with Gasteiger partial charge in [0.2, 0.25) is 0 Å². The van der Waals surface area contributed by atoms with E-state index < -0.39 is 0 Å². The van der Waals surface area contributed by atoms with Crippen LogP contribution in [0.1, 0.15) is 32.3 Å². The van der Waals surface area contributed by atoms with Crippen LogP contribution in [0.15, 0.2) is 12.3 Å². The molecule has 2 heterocycles. The standard InChI is InChI=1S/C13H18ClN5/c1-8-9(14)7-19(18-8)11-6-10(15-5)16-12(17-11)13(2,3)4/h6-7H,1-5H3,(H,15,16,17). The normalized spacial score (nSPS) is 11.7. The summed E-state index contributed by atoms with van der Waals surface area (Å²) in [5.41, 5.74) is 0.650. The van der Waals surface area contributed by atoms with Crippen LogP contribution in [0.25, 0.3) is 5.82 Å². The van der Waals surface area contributed by atoms with Gasteiger partial charge in [-0.25, -0.2) is 14.6 Å². The van der Waals surface area contributed by atoms with Crippen molar-refractivity contribution in [3.8, 4) is 5.82 Å². The first kappa shape index (κ1) is 13.8. The molecule has 6 heteroatoms. The van der Waals surface area contributed by atoms with Gasteiger partial charge in [0.05, 0.1) is 16.9 Å². The molecule has 0 saturated carbocycles. The summed E-state index contributed by atoms with van der Waals surface area (Å²) in [4.78, 5) is 9.05. The number of aromatic nitrogens is 4. The number of nitrogens with one attached hydrogen (secondary N) is 1. The molecule has 1 N–H and O–H groups in total. The summed E-state index contributed by atoms with van der Waals surface area (Å²) in [5, 5.41) is 8.02. The molecule has 2 rings (SSSR count). The minimum absolute atomic E-state index is 0.131. The quantitative estimate of drug-likeness (QED) is 0.918. The summed E-state index contributed by atoms with van der Waals surface area (Å²) in [6.07, 6.45) is 1.76. The molecule has 102 valence electrons. The minimum Gasteiger partial charge on any atom is -0.373 e. The lowest BCUT2D eigenvalue weighted by molar-refractivity contribution is 0.543. The van der Waals surface area contributed by atoms with Gasteiger partial charge in [-0.2, -0.15) is 5.10 Å². The number of aryl methyl sites for hydroxylation is 1. The van der Waals surface area contributed by atoms with Gasteiger partial charge in [-0.05, 0) is 6.92 Å². The Kier molecular flexibility index (Phi) is 3.49. The minimum atomic E-state index is -0.131. The Morgan fingerprint density at radius 2 is 1.95 bits per heavy atom. The van der Waals surface area contributed by atoms with Crippen LogP contribution in [0, 0.1) is 6.92 Å².